The van der Waals surface area contributed by atoms with Crippen LogP contribution in [0.15, 0.2) is 17.4 Å². The van der Waals surface area contributed by atoms with E-state index >= 15 is 0 Å². The van der Waals surface area contributed by atoms with Crippen LogP contribution in [0.3, 0.4) is 0 Å². The molecular weight excluding hydrogens is 152 g/mol. The Morgan fingerprint density at radius 1 is 1.42 bits per heavy atom. The van der Waals surface area contributed by atoms with E-state index in [1.54, 1.807) is 0 Å². The maximum Gasteiger partial charge on any atom is 0.0572 e. The van der Waals surface area contributed by atoms with Crippen molar-refractivity contribution >= 4 is 5.71 Å². The molecule has 0 aromatic carbocycles. The monoisotopic (exact) mass is 166 g/mol. The molecule has 1 spiro atoms. The molecule has 0 aromatic rings. The van der Waals surface area contributed by atoms with Gasteiger partial charge in [0.25, 0.3) is 0 Å². The Balaban J connectivity index is 1.98. The quantitative estimate of drug-likeness (QED) is 0.424. The summed E-state index contributed by atoms with van der Waals surface area (Å²) in [6.45, 7) is 0. The van der Waals surface area contributed by atoms with Crippen LogP contribution in [0.25, 0.3) is 0 Å². The SMILES string of the molecule is ON=C1CCC2(CC=CN2)CC1. The number of hydrogen-bond acceptors (Lipinski definition) is 3. The van der Waals surface area contributed by atoms with Gasteiger partial charge in [-0.3, -0.25) is 0 Å². The Hall–Kier alpha value is -0.990. The highest BCUT2D eigenvalue weighted by Gasteiger charge is 2.33. The first kappa shape index (κ1) is 7.65. The normalized spacial score (nSPS) is 33.8. The molecule has 0 saturated heterocycles. The molecule has 0 amide bonds. The molecule has 1 fully saturated rings. The lowest BCUT2D eigenvalue weighted by Crippen LogP contribution is -2.42. The largest absolute Gasteiger partial charge is 0.411 e. The van der Waals surface area contributed by atoms with Crippen LogP contribution >= 0.6 is 0 Å². The average Bonchev–Trinajstić information content (AvgIpc) is 2.55. The van der Waals surface area contributed by atoms with Crippen molar-refractivity contribution in [3.8, 4) is 0 Å². The van der Waals surface area contributed by atoms with E-state index in [0.29, 0.717) is 5.54 Å². The molecule has 0 bridgehead atoms. The number of oxime groups is 1. The summed E-state index contributed by atoms with van der Waals surface area (Å²) in [5.41, 5.74) is 1.25. The van der Waals surface area contributed by atoms with Crippen LogP contribution in [0, 0.1) is 0 Å². The topological polar surface area (TPSA) is 44.6 Å². The molecule has 3 heteroatoms. The summed E-state index contributed by atoms with van der Waals surface area (Å²) in [6.07, 6.45) is 9.42. The lowest BCUT2D eigenvalue weighted by Gasteiger charge is -2.34. The van der Waals surface area contributed by atoms with Gasteiger partial charge >= 0.3 is 0 Å². The van der Waals surface area contributed by atoms with Gasteiger partial charge < -0.3 is 10.5 Å². The summed E-state index contributed by atoms with van der Waals surface area (Å²) in [6, 6.07) is 0. The summed E-state index contributed by atoms with van der Waals surface area (Å²) in [7, 11) is 0. The van der Waals surface area contributed by atoms with E-state index in [0.717, 1.165) is 37.8 Å². The minimum Gasteiger partial charge on any atom is -0.411 e. The van der Waals surface area contributed by atoms with Crippen LogP contribution < -0.4 is 5.32 Å². The van der Waals surface area contributed by atoms with Crippen LogP contribution in [0.1, 0.15) is 32.1 Å². The minimum absolute atomic E-state index is 0.300. The molecule has 0 unspecified atom stereocenters. The van der Waals surface area contributed by atoms with Crippen molar-refractivity contribution < 1.29 is 5.21 Å². The van der Waals surface area contributed by atoms with E-state index in [1.165, 1.54) is 0 Å². The lowest BCUT2D eigenvalue weighted by molar-refractivity contribution is 0.295. The van der Waals surface area contributed by atoms with Crippen LogP contribution in [0.2, 0.25) is 0 Å². The fourth-order valence-corrected chi connectivity index (χ4v) is 2.04. The van der Waals surface area contributed by atoms with Crippen molar-refractivity contribution in [1.29, 1.82) is 0 Å². The van der Waals surface area contributed by atoms with Gasteiger partial charge in [0.05, 0.1) is 5.71 Å². The van der Waals surface area contributed by atoms with Gasteiger partial charge in [-0.05, 0) is 38.3 Å². The van der Waals surface area contributed by atoms with Gasteiger partial charge in [-0.2, -0.15) is 0 Å². The first-order valence-electron chi connectivity index (χ1n) is 4.47. The summed E-state index contributed by atoms with van der Waals surface area (Å²) < 4.78 is 0. The first-order valence-corrected chi connectivity index (χ1v) is 4.47. The molecule has 3 nitrogen and oxygen atoms in total. The Bertz CT molecular complexity index is 213. The average molecular weight is 166 g/mol. The van der Waals surface area contributed by atoms with E-state index in [4.69, 9.17) is 5.21 Å². The molecular formula is C9H14N2O. The second-order valence-electron chi connectivity index (χ2n) is 3.70. The van der Waals surface area contributed by atoms with Gasteiger partial charge in [0, 0.05) is 5.54 Å². The van der Waals surface area contributed by atoms with E-state index < -0.39 is 0 Å². The van der Waals surface area contributed by atoms with E-state index in [1.807, 2.05) is 6.20 Å². The van der Waals surface area contributed by atoms with Gasteiger partial charge in [-0.1, -0.05) is 11.2 Å². The van der Waals surface area contributed by atoms with Crippen LogP contribution in [-0.2, 0) is 0 Å². The molecule has 0 atom stereocenters. The van der Waals surface area contributed by atoms with Crippen LogP contribution in [0.5, 0.6) is 0 Å². The fraction of sp³-hybridized carbons (Fsp3) is 0.667. The maximum absolute atomic E-state index is 8.57. The minimum atomic E-state index is 0.300. The molecule has 1 heterocycles. The smallest absolute Gasteiger partial charge is 0.0572 e. The third kappa shape index (κ3) is 1.19. The number of hydrogen-bond donors (Lipinski definition) is 2. The summed E-state index contributed by atoms with van der Waals surface area (Å²) >= 11 is 0. The highest BCUT2D eigenvalue weighted by molar-refractivity contribution is 5.84. The molecule has 0 radical (unpaired) electrons. The molecule has 2 N–H and O–H groups in total. The van der Waals surface area contributed by atoms with Crippen molar-refractivity contribution in [1.82, 2.24) is 5.32 Å². The van der Waals surface area contributed by atoms with E-state index in [2.05, 4.69) is 16.5 Å². The molecule has 1 aliphatic carbocycles. The van der Waals surface area contributed by atoms with Crippen molar-refractivity contribution in [2.75, 3.05) is 0 Å². The molecule has 66 valence electrons. The summed E-state index contributed by atoms with van der Waals surface area (Å²) in [5, 5.41) is 15.2. The second-order valence-corrected chi connectivity index (χ2v) is 3.70. The van der Waals surface area contributed by atoms with Gasteiger partial charge in [0.2, 0.25) is 0 Å². The highest BCUT2D eigenvalue weighted by Crippen LogP contribution is 2.32. The standard InChI is InChI=1S/C9H14N2O/c12-11-8-2-5-9(6-3-8)4-1-7-10-9/h1,7,10,12H,2-6H2. The Labute approximate surface area is 72.2 Å². The first-order chi connectivity index (χ1) is 5.85. The van der Waals surface area contributed by atoms with Crippen LogP contribution in [0.4, 0.5) is 0 Å². The Kier molecular flexibility index (Phi) is 1.79. The molecule has 12 heavy (non-hydrogen) atoms. The van der Waals surface area contributed by atoms with Gasteiger partial charge in [-0.15, -0.1) is 0 Å². The zero-order chi connectivity index (χ0) is 8.44. The molecule has 1 saturated carbocycles. The molecule has 2 aliphatic rings. The zero-order valence-corrected chi connectivity index (χ0v) is 7.08. The fourth-order valence-electron chi connectivity index (χ4n) is 2.04. The lowest BCUT2D eigenvalue weighted by atomic mass is 9.80. The van der Waals surface area contributed by atoms with Crippen molar-refractivity contribution in [3.05, 3.63) is 12.3 Å². The predicted molar refractivity (Wildman–Crippen MR) is 47.3 cm³/mol. The summed E-state index contributed by atoms with van der Waals surface area (Å²) in [4.78, 5) is 0. The molecule has 2 rings (SSSR count). The molecule has 0 aromatic heterocycles. The van der Waals surface area contributed by atoms with Crippen LogP contribution in [-0.4, -0.2) is 16.5 Å². The number of nitrogens with one attached hydrogen (secondary N) is 1. The van der Waals surface area contributed by atoms with E-state index in [9.17, 15) is 0 Å². The van der Waals surface area contributed by atoms with Crippen molar-refractivity contribution in [2.24, 2.45) is 5.16 Å². The van der Waals surface area contributed by atoms with Crippen molar-refractivity contribution in [2.45, 2.75) is 37.6 Å². The number of nitrogens with zero attached hydrogens (tertiary/aromatic N) is 1. The van der Waals surface area contributed by atoms with E-state index in [-0.39, 0.29) is 0 Å². The molecule has 1 aliphatic heterocycles. The van der Waals surface area contributed by atoms with Gasteiger partial charge in [-0.25, -0.2) is 0 Å². The Morgan fingerprint density at radius 2 is 2.17 bits per heavy atom. The Morgan fingerprint density at radius 3 is 2.67 bits per heavy atom. The second kappa shape index (κ2) is 2.81. The predicted octanol–water partition coefficient (Wildman–Crippen LogP) is 1.64. The third-order valence-electron chi connectivity index (χ3n) is 2.94. The van der Waals surface area contributed by atoms with Gasteiger partial charge in [0.1, 0.15) is 0 Å². The zero-order valence-electron chi connectivity index (χ0n) is 7.08. The van der Waals surface area contributed by atoms with Crippen molar-refractivity contribution in [3.63, 3.8) is 0 Å². The third-order valence-corrected chi connectivity index (χ3v) is 2.94. The number of rotatable bonds is 0. The highest BCUT2D eigenvalue weighted by atomic mass is 16.4. The summed E-state index contributed by atoms with van der Waals surface area (Å²) in [5.74, 6) is 0. The maximum atomic E-state index is 8.57. The van der Waals surface area contributed by atoms with Gasteiger partial charge in [0.15, 0.2) is 0 Å².